The van der Waals surface area contributed by atoms with Gasteiger partial charge in [-0.05, 0) is 42.8 Å². The maximum Gasteiger partial charge on any atom is 0.234 e. The SMILES string of the molecule is Cc1nn(-c2ccc(Cl)cc2)c2c1[C@@H]1c3ccccc3N(C)C(=O)[C@@H]1CO2. The van der Waals surface area contributed by atoms with E-state index in [1.807, 2.05) is 61.1 Å². The monoisotopic (exact) mass is 379 g/mol. The smallest absolute Gasteiger partial charge is 0.234 e. The Morgan fingerprint density at radius 1 is 1.15 bits per heavy atom. The number of anilines is 1. The third-order valence-electron chi connectivity index (χ3n) is 5.53. The molecule has 0 saturated carbocycles. The molecule has 5 nitrogen and oxygen atoms in total. The van der Waals surface area contributed by atoms with Gasteiger partial charge in [0.15, 0.2) is 0 Å². The van der Waals surface area contributed by atoms with Gasteiger partial charge in [-0.3, -0.25) is 4.79 Å². The quantitative estimate of drug-likeness (QED) is 0.643. The third-order valence-corrected chi connectivity index (χ3v) is 5.78. The molecule has 27 heavy (non-hydrogen) atoms. The number of fused-ring (bicyclic) bond motifs is 5. The van der Waals surface area contributed by atoms with Gasteiger partial charge in [0.25, 0.3) is 0 Å². The zero-order chi connectivity index (χ0) is 18.7. The van der Waals surface area contributed by atoms with Crippen molar-refractivity contribution in [3.8, 4) is 11.6 Å². The lowest BCUT2D eigenvalue weighted by molar-refractivity contribution is -0.124. The molecule has 0 N–H and O–H groups in total. The second-order valence-electron chi connectivity index (χ2n) is 7.04. The molecule has 0 spiro atoms. The number of benzene rings is 2. The van der Waals surface area contributed by atoms with Crippen molar-refractivity contribution in [3.63, 3.8) is 0 Å². The molecule has 0 saturated heterocycles. The van der Waals surface area contributed by atoms with Crippen LogP contribution in [0.4, 0.5) is 5.69 Å². The summed E-state index contributed by atoms with van der Waals surface area (Å²) < 4.78 is 7.89. The molecule has 0 unspecified atom stereocenters. The zero-order valence-corrected chi connectivity index (χ0v) is 15.8. The van der Waals surface area contributed by atoms with E-state index < -0.39 is 0 Å². The molecule has 136 valence electrons. The van der Waals surface area contributed by atoms with E-state index in [2.05, 4.69) is 6.07 Å². The zero-order valence-electron chi connectivity index (χ0n) is 15.0. The first kappa shape index (κ1) is 16.4. The number of ether oxygens (including phenoxy) is 1. The van der Waals surface area contributed by atoms with Crippen molar-refractivity contribution in [2.45, 2.75) is 12.8 Å². The Morgan fingerprint density at radius 2 is 1.89 bits per heavy atom. The highest BCUT2D eigenvalue weighted by Crippen LogP contribution is 2.49. The van der Waals surface area contributed by atoms with E-state index in [1.165, 1.54) is 0 Å². The average molecular weight is 380 g/mol. The molecular formula is C21H18ClN3O2. The maximum atomic E-state index is 13.0. The summed E-state index contributed by atoms with van der Waals surface area (Å²) >= 11 is 6.02. The van der Waals surface area contributed by atoms with Crippen LogP contribution in [0, 0.1) is 12.8 Å². The van der Waals surface area contributed by atoms with Crippen molar-refractivity contribution in [2.24, 2.45) is 5.92 Å². The van der Waals surface area contributed by atoms with Gasteiger partial charge in [-0.1, -0.05) is 29.8 Å². The number of aromatic nitrogens is 2. The van der Waals surface area contributed by atoms with Crippen molar-refractivity contribution < 1.29 is 9.53 Å². The van der Waals surface area contributed by atoms with Gasteiger partial charge < -0.3 is 9.64 Å². The van der Waals surface area contributed by atoms with Crippen LogP contribution in [0.25, 0.3) is 5.69 Å². The van der Waals surface area contributed by atoms with E-state index in [0.29, 0.717) is 17.5 Å². The highest BCUT2D eigenvalue weighted by molar-refractivity contribution is 6.30. The standard InChI is InChI=1S/C21H18ClN3O2/c1-12-18-19-15-5-3-4-6-17(15)24(2)20(26)16(19)11-27-21(18)25(23-12)14-9-7-13(22)8-10-14/h3-10,16,19H,11H2,1-2H3/t16-,19-/m1/s1. The summed E-state index contributed by atoms with van der Waals surface area (Å²) in [5, 5.41) is 5.40. The van der Waals surface area contributed by atoms with E-state index in [0.717, 1.165) is 28.2 Å². The lowest BCUT2D eigenvalue weighted by Crippen LogP contribution is -2.45. The van der Waals surface area contributed by atoms with Crippen molar-refractivity contribution in [3.05, 3.63) is 70.4 Å². The Kier molecular flexibility index (Phi) is 3.56. The first-order chi connectivity index (χ1) is 13.1. The van der Waals surface area contributed by atoms with Gasteiger partial charge in [0.1, 0.15) is 6.61 Å². The van der Waals surface area contributed by atoms with Crippen LogP contribution in [-0.2, 0) is 4.79 Å². The fourth-order valence-corrected chi connectivity index (χ4v) is 4.37. The fraction of sp³-hybridized carbons (Fsp3) is 0.238. The van der Waals surface area contributed by atoms with Crippen LogP contribution in [0.1, 0.15) is 22.7 Å². The van der Waals surface area contributed by atoms with Gasteiger partial charge in [0, 0.05) is 29.2 Å². The molecule has 6 heteroatoms. The molecule has 0 radical (unpaired) electrons. The van der Waals surface area contributed by atoms with Gasteiger partial charge in [0.2, 0.25) is 11.8 Å². The highest BCUT2D eigenvalue weighted by Gasteiger charge is 2.46. The molecule has 5 rings (SSSR count). The van der Waals surface area contributed by atoms with E-state index in [9.17, 15) is 4.79 Å². The van der Waals surface area contributed by atoms with Crippen molar-refractivity contribution in [2.75, 3.05) is 18.6 Å². The maximum absolute atomic E-state index is 13.0. The molecule has 3 heterocycles. The molecule has 2 aliphatic rings. The predicted molar refractivity (Wildman–Crippen MR) is 104 cm³/mol. The fourth-order valence-electron chi connectivity index (χ4n) is 4.25. The summed E-state index contributed by atoms with van der Waals surface area (Å²) in [6.45, 7) is 2.32. The van der Waals surface area contributed by atoms with Crippen LogP contribution < -0.4 is 9.64 Å². The summed E-state index contributed by atoms with van der Waals surface area (Å²) in [6, 6.07) is 15.6. The Labute approximate surface area is 162 Å². The molecule has 0 aliphatic carbocycles. The summed E-state index contributed by atoms with van der Waals surface area (Å²) in [6.07, 6.45) is 0. The third kappa shape index (κ3) is 2.31. The molecule has 2 atom stereocenters. The number of halogens is 1. The number of carbonyl (C=O) groups excluding carboxylic acids is 1. The van der Waals surface area contributed by atoms with E-state index >= 15 is 0 Å². The largest absolute Gasteiger partial charge is 0.476 e. The van der Waals surface area contributed by atoms with Crippen LogP contribution in [0.2, 0.25) is 5.02 Å². The summed E-state index contributed by atoms with van der Waals surface area (Å²) in [7, 11) is 1.83. The number of rotatable bonds is 1. The molecule has 0 bridgehead atoms. The average Bonchev–Trinajstić information content (AvgIpc) is 3.03. The van der Waals surface area contributed by atoms with Gasteiger partial charge in [-0.15, -0.1) is 0 Å². The molecule has 0 fully saturated rings. The first-order valence-electron chi connectivity index (χ1n) is 8.91. The van der Waals surface area contributed by atoms with E-state index in [-0.39, 0.29) is 17.7 Å². The normalized spacial score (nSPS) is 20.6. The second kappa shape index (κ2) is 5.86. The number of amides is 1. The minimum Gasteiger partial charge on any atom is -0.476 e. The Morgan fingerprint density at radius 3 is 2.67 bits per heavy atom. The molecule has 1 aromatic heterocycles. The number of aryl methyl sites for hydroxylation is 1. The summed E-state index contributed by atoms with van der Waals surface area (Å²) in [5.41, 5.74) is 4.86. The Balaban J connectivity index is 1.72. The van der Waals surface area contributed by atoms with E-state index in [4.69, 9.17) is 21.4 Å². The number of hydrogen-bond donors (Lipinski definition) is 0. The van der Waals surface area contributed by atoms with Gasteiger partial charge in [-0.25, -0.2) is 4.68 Å². The van der Waals surface area contributed by atoms with Crippen molar-refractivity contribution >= 4 is 23.2 Å². The van der Waals surface area contributed by atoms with Crippen LogP contribution >= 0.6 is 11.6 Å². The van der Waals surface area contributed by atoms with Crippen LogP contribution in [0.3, 0.4) is 0 Å². The number of para-hydroxylation sites is 1. The second-order valence-corrected chi connectivity index (χ2v) is 7.48. The highest BCUT2D eigenvalue weighted by atomic mass is 35.5. The van der Waals surface area contributed by atoms with Crippen LogP contribution in [0.15, 0.2) is 48.5 Å². The van der Waals surface area contributed by atoms with Gasteiger partial charge in [0.05, 0.1) is 17.3 Å². The van der Waals surface area contributed by atoms with Gasteiger partial charge >= 0.3 is 0 Å². The number of hydrogen-bond acceptors (Lipinski definition) is 3. The molecule has 1 amide bonds. The summed E-state index contributed by atoms with van der Waals surface area (Å²) in [5.74, 6) is 0.514. The van der Waals surface area contributed by atoms with Gasteiger partial charge in [-0.2, -0.15) is 5.10 Å². The van der Waals surface area contributed by atoms with Crippen LogP contribution in [0.5, 0.6) is 5.88 Å². The molecule has 2 aromatic carbocycles. The first-order valence-corrected chi connectivity index (χ1v) is 9.29. The minimum absolute atomic E-state index is 0.0466. The minimum atomic E-state index is -0.237. The Hall–Kier alpha value is -2.79. The molecule has 3 aromatic rings. The lowest BCUT2D eigenvalue weighted by Gasteiger charge is -2.40. The lowest BCUT2D eigenvalue weighted by atomic mass is 9.75. The Bertz CT molecular complexity index is 1060. The molecule has 2 aliphatic heterocycles. The van der Waals surface area contributed by atoms with Crippen molar-refractivity contribution in [1.82, 2.24) is 9.78 Å². The van der Waals surface area contributed by atoms with Crippen LogP contribution in [-0.4, -0.2) is 29.3 Å². The summed E-state index contributed by atoms with van der Waals surface area (Å²) in [4.78, 5) is 14.7. The molecular weight excluding hydrogens is 362 g/mol. The van der Waals surface area contributed by atoms with E-state index in [1.54, 1.807) is 4.90 Å². The number of nitrogens with zero attached hydrogens (tertiary/aromatic N) is 3. The topological polar surface area (TPSA) is 47.4 Å². The predicted octanol–water partition coefficient (Wildman–Crippen LogP) is 3.95. The number of carbonyl (C=O) groups is 1. The van der Waals surface area contributed by atoms with Crippen molar-refractivity contribution in [1.29, 1.82) is 0 Å².